The molecule has 0 spiro atoms. The second-order valence-corrected chi connectivity index (χ2v) is 5.95. The molecule has 2 atom stereocenters. The highest BCUT2D eigenvalue weighted by molar-refractivity contribution is 6.34. The van der Waals surface area contributed by atoms with E-state index in [1.54, 1.807) is 0 Å². The zero-order valence-corrected chi connectivity index (χ0v) is 11.8. The first kappa shape index (κ1) is 13.0. The Balaban J connectivity index is 1.99. The summed E-state index contributed by atoms with van der Waals surface area (Å²) in [5.41, 5.74) is 6.78. The summed E-state index contributed by atoms with van der Waals surface area (Å²) in [6, 6.07) is 8.06. The predicted molar refractivity (Wildman–Crippen MR) is 79.6 cm³/mol. The molecule has 0 radical (unpaired) electrons. The van der Waals surface area contributed by atoms with Gasteiger partial charge in [0.05, 0.1) is 5.02 Å². The summed E-state index contributed by atoms with van der Waals surface area (Å²) < 4.78 is 6.04. The Hall–Kier alpha value is -0.990. The smallest absolute Gasteiger partial charge is 0.152 e. The lowest BCUT2D eigenvalue weighted by molar-refractivity contribution is 0.355. The van der Waals surface area contributed by atoms with Crippen molar-refractivity contribution in [1.82, 2.24) is 0 Å². The fourth-order valence-electron chi connectivity index (χ4n) is 3.27. The quantitative estimate of drug-likeness (QED) is 0.808. The molecular formula is C16H20ClNO. The van der Waals surface area contributed by atoms with Crippen molar-refractivity contribution < 1.29 is 4.42 Å². The zero-order valence-electron chi connectivity index (χ0n) is 11.1. The van der Waals surface area contributed by atoms with Gasteiger partial charge in [0.1, 0.15) is 5.76 Å². The lowest BCUT2D eigenvalue weighted by Crippen LogP contribution is -2.20. The summed E-state index contributed by atoms with van der Waals surface area (Å²) in [4.78, 5) is 0. The number of furan rings is 1. The highest BCUT2D eigenvalue weighted by Crippen LogP contribution is 2.39. The molecule has 0 bridgehead atoms. The van der Waals surface area contributed by atoms with Gasteiger partial charge in [-0.3, -0.25) is 0 Å². The van der Waals surface area contributed by atoms with Crippen molar-refractivity contribution in [3.8, 4) is 0 Å². The van der Waals surface area contributed by atoms with Crippen molar-refractivity contribution in [3.63, 3.8) is 0 Å². The predicted octanol–water partition coefficient (Wildman–Crippen LogP) is 4.71. The Morgan fingerprint density at radius 3 is 2.84 bits per heavy atom. The molecule has 19 heavy (non-hydrogen) atoms. The van der Waals surface area contributed by atoms with Crippen molar-refractivity contribution >= 4 is 22.6 Å². The maximum Gasteiger partial charge on any atom is 0.152 e. The van der Waals surface area contributed by atoms with Gasteiger partial charge in [0, 0.05) is 11.3 Å². The van der Waals surface area contributed by atoms with E-state index in [1.165, 1.54) is 32.1 Å². The van der Waals surface area contributed by atoms with Gasteiger partial charge in [0.2, 0.25) is 0 Å². The molecule has 1 aromatic carbocycles. The molecule has 1 saturated carbocycles. The Morgan fingerprint density at radius 1 is 1.21 bits per heavy atom. The first-order valence-corrected chi connectivity index (χ1v) is 7.55. The van der Waals surface area contributed by atoms with Gasteiger partial charge in [-0.15, -0.1) is 0 Å². The molecule has 1 aliphatic rings. The van der Waals surface area contributed by atoms with Gasteiger partial charge in [-0.25, -0.2) is 0 Å². The highest BCUT2D eigenvalue weighted by atomic mass is 35.5. The number of para-hydroxylation sites is 1. The Bertz CT molecular complexity index is 563. The highest BCUT2D eigenvalue weighted by Gasteiger charge is 2.27. The van der Waals surface area contributed by atoms with Crippen LogP contribution in [0.25, 0.3) is 11.0 Å². The minimum absolute atomic E-state index is 0.455. The summed E-state index contributed by atoms with van der Waals surface area (Å²) in [5.74, 6) is 2.07. The number of fused-ring (bicyclic) bond motifs is 1. The van der Waals surface area contributed by atoms with Crippen LogP contribution in [0.5, 0.6) is 0 Å². The van der Waals surface area contributed by atoms with Crippen molar-refractivity contribution in [2.45, 2.75) is 38.0 Å². The average Bonchev–Trinajstić information content (AvgIpc) is 2.71. The summed E-state index contributed by atoms with van der Waals surface area (Å²) in [5, 5.41) is 1.80. The SMILES string of the molecule is NCC1CCCCCC1c1cc2cccc(Cl)c2o1. The van der Waals surface area contributed by atoms with Crippen LogP contribution in [0, 0.1) is 5.92 Å². The second-order valence-electron chi connectivity index (χ2n) is 5.55. The van der Waals surface area contributed by atoms with E-state index in [9.17, 15) is 0 Å². The summed E-state index contributed by atoms with van der Waals surface area (Å²) in [6.07, 6.45) is 6.27. The Kier molecular flexibility index (Phi) is 3.81. The molecule has 1 heterocycles. The Labute approximate surface area is 118 Å². The van der Waals surface area contributed by atoms with Gasteiger partial charge in [-0.1, -0.05) is 43.0 Å². The van der Waals surface area contributed by atoms with Gasteiger partial charge < -0.3 is 10.2 Å². The monoisotopic (exact) mass is 277 g/mol. The van der Waals surface area contributed by atoms with E-state index in [-0.39, 0.29) is 0 Å². The van der Waals surface area contributed by atoms with E-state index in [2.05, 4.69) is 12.1 Å². The topological polar surface area (TPSA) is 39.2 Å². The molecule has 1 aliphatic carbocycles. The Morgan fingerprint density at radius 2 is 2.05 bits per heavy atom. The number of halogens is 1. The molecule has 2 nitrogen and oxygen atoms in total. The van der Waals surface area contributed by atoms with E-state index in [0.717, 1.165) is 23.3 Å². The number of benzene rings is 1. The van der Waals surface area contributed by atoms with Crippen LogP contribution < -0.4 is 5.73 Å². The fraction of sp³-hybridized carbons (Fsp3) is 0.500. The van der Waals surface area contributed by atoms with Crippen LogP contribution in [0.2, 0.25) is 5.02 Å². The van der Waals surface area contributed by atoms with E-state index < -0.39 is 0 Å². The molecule has 2 aromatic rings. The minimum atomic E-state index is 0.455. The maximum absolute atomic E-state index is 6.19. The van der Waals surface area contributed by atoms with Crippen molar-refractivity contribution in [2.75, 3.05) is 6.54 Å². The van der Waals surface area contributed by atoms with Gasteiger partial charge in [-0.2, -0.15) is 0 Å². The van der Waals surface area contributed by atoms with Crippen molar-refractivity contribution in [2.24, 2.45) is 11.7 Å². The van der Waals surface area contributed by atoms with Gasteiger partial charge in [-0.05, 0) is 37.4 Å². The largest absolute Gasteiger partial charge is 0.459 e. The number of rotatable bonds is 2. The molecular weight excluding hydrogens is 258 g/mol. The van der Waals surface area contributed by atoms with Crippen LogP contribution in [0.15, 0.2) is 28.7 Å². The van der Waals surface area contributed by atoms with Crippen LogP contribution in [-0.4, -0.2) is 6.54 Å². The van der Waals surface area contributed by atoms with Gasteiger partial charge >= 0.3 is 0 Å². The maximum atomic E-state index is 6.19. The van der Waals surface area contributed by atoms with Crippen molar-refractivity contribution in [3.05, 3.63) is 35.0 Å². The first-order valence-electron chi connectivity index (χ1n) is 7.17. The van der Waals surface area contributed by atoms with E-state index in [4.69, 9.17) is 21.8 Å². The van der Waals surface area contributed by atoms with Gasteiger partial charge in [0.15, 0.2) is 5.58 Å². The molecule has 3 rings (SSSR count). The van der Waals surface area contributed by atoms with Crippen LogP contribution >= 0.6 is 11.6 Å². The van der Waals surface area contributed by atoms with E-state index in [1.807, 2.05) is 12.1 Å². The van der Waals surface area contributed by atoms with E-state index >= 15 is 0 Å². The van der Waals surface area contributed by atoms with Crippen LogP contribution in [0.3, 0.4) is 0 Å². The molecule has 0 amide bonds. The first-order chi connectivity index (χ1) is 9.29. The third-order valence-electron chi connectivity index (χ3n) is 4.34. The molecule has 0 saturated heterocycles. The molecule has 2 N–H and O–H groups in total. The third kappa shape index (κ3) is 2.52. The molecule has 3 heteroatoms. The van der Waals surface area contributed by atoms with Crippen LogP contribution in [0.4, 0.5) is 0 Å². The molecule has 1 aromatic heterocycles. The minimum Gasteiger partial charge on any atom is -0.459 e. The average molecular weight is 278 g/mol. The number of hydrogen-bond acceptors (Lipinski definition) is 2. The standard InChI is InChI=1S/C16H20ClNO/c17-14-8-4-6-11-9-15(19-16(11)14)13-7-3-1-2-5-12(13)10-18/h4,6,8-9,12-13H,1-3,5,7,10,18H2. The van der Waals surface area contributed by atoms with Gasteiger partial charge in [0.25, 0.3) is 0 Å². The van der Waals surface area contributed by atoms with E-state index in [0.29, 0.717) is 16.9 Å². The molecule has 2 unspecified atom stereocenters. The summed E-state index contributed by atoms with van der Waals surface area (Å²) >= 11 is 6.19. The van der Waals surface area contributed by atoms with Crippen molar-refractivity contribution in [1.29, 1.82) is 0 Å². The lowest BCUT2D eigenvalue weighted by atomic mass is 9.86. The normalized spacial score (nSPS) is 24.5. The number of nitrogens with two attached hydrogens (primary N) is 1. The molecule has 1 fully saturated rings. The fourth-order valence-corrected chi connectivity index (χ4v) is 3.49. The summed E-state index contributed by atoms with van der Waals surface area (Å²) in [6.45, 7) is 0.745. The van der Waals surface area contributed by atoms with Crippen LogP contribution in [-0.2, 0) is 0 Å². The van der Waals surface area contributed by atoms with Crippen LogP contribution in [0.1, 0.15) is 43.8 Å². The third-order valence-corrected chi connectivity index (χ3v) is 4.64. The molecule has 0 aliphatic heterocycles. The number of hydrogen-bond donors (Lipinski definition) is 1. The lowest BCUT2D eigenvalue weighted by Gasteiger charge is -2.21. The summed E-state index contributed by atoms with van der Waals surface area (Å²) in [7, 11) is 0. The molecule has 102 valence electrons. The zero-order chi connectivity index (χ0) is 13.2. The second kappa shape index (κ2) is 5.56.